The van der Waals surface area contributed by atoms with Crippen molar-refractivity contribution in [3.63, 3.8) is 0 Å². The van der Waals surface area contributed by atoms with Crippen LogP contribution in [0.5, 0.6) is 5.88 Å². The van der Waals surface area contributed by atoms with Gasteiger partial charge in [-0.1, -0.05) is 30.3 Å². The Balaban J connectivity index is 1.30. The predicted octanol–water partition coefficient (Wildman–Crippen LogP) is 5.47. The van der Waals surface area contributed by atoms with Gasteiger partial charge in [-0.05, 0) is 53.1 Å². The number of hydrogen-bond acceptors (Lipinski definition) is 8. The van der Waals surface area contributed by atoms with Crippen molar-refractivity contribution in [2.45, 2.75) is 11.4 Å². The molecule has 0 amide bonds. The molecule has 3 N–H and O–H groups in total. The fourth-order valence-electron chi connectivity index (χ4n) is 5.15. The average molecular weight is 618 g/mol. The molecule has 3 aromatic carbocycles. The number of rotatable bonds is 8. The maximum absolute atomic E-state index is 14.3. The van der Waals surface area contributed by atoms with Crippen molar-refractivity contribution in [3.05, 3.63) is 96.2 Å². The second-order valence-corrected chi connectivity index (χ2v) is 12.0. The lowest BCUT2D eigenvalue weighted by Gasteiger charge is -2.26. The molecule has 12 heteroatoms. The minimum absolute atomic E-state index is 0.0119. The van der Waals surface area contributed by atoms with Crippen LogP contribution in [0.2, 0.25) is 0 Å². The number of halogens is 2. The third-order valence-corrected chi connectivity index (χ3v) is 8.82. The van der Waals surface area contributed by atoms with Crippen molar-refractivity contribution >= 4 is 32.4 Å². The topological polar surface area (TPSA) is 120 Å². The summed E-state index contributed by atoms with van der Waals surface area (Å²) in [5, 5.41) is 0.815. The molecule has 9 nitrogen and oxygen atoms in total. The normalized spacial score (nSPS) is 14.1. The number of sulfonamides is 1. The van der Waals surface area contributed by atoms with Gasteiger partial charge in [-0.25, -0.2) is 27.2 Å². The Morgan fingerprint density at radius 1 is 0.955 bits per heavy atom. The summed E-state index contributed by atoms with van der Waals surface area (Å²) >= 11 is 0. The van der Waals surface area contributed by atoms with Gasteiger partial charge in [0.25, 0.3) is 10.0 Å². The zero-order valence-corrected chi connectivity index (χ0v) is 24.6. The first kappa shape index (κ1) is 29.4. The van der Waals surface area contributed by atoms with Crippen LogP contribution in [0.25, 0.3) is 33.2 Å². The van der Waals surface area contributed by atoms with E-state index in [1.165, 1.54) is 24.9 Å². The molecule has 0 radical (unpaired) electrons. The van der Waals surface area contributed by atoms with Crippen LogP contribution < -0.4 is 15.2 Å². The summed E-state index contributed by atoms with van der Waals surface area (Å²) in [7, 11) is -3.09. The quantitative estimate of drug-likeness (QED) is 0.236. The van der Waals surface area contributed by atoms with E-state index in [-0.39, 0.29) is 11.6 Å². The number of nitrogens with two attached hydrogens (primary N) is 1. The Labute approximate surface area is 253 Å². The van der Waals surface area contributed by atoms with E-state index in [1.54, 1.807) is 0 Å². The van der Waals surface area contributed by atoms with Gasteiger partial charge in [-0.15, -0.1) is 0 Å². The second kappa shape index (κ2) is 12.2. The maximum atomic E-state index is 14.3. The van der Waals surface area contributed by atoms with Crippen LogP contribution in [-0.2, 0) is 21.3 Å². The van der Waals surface area contributed by atoms with Gasteiger partial charge in [0, 0.05) is 48.4 Å². The number of methoxy groups -OCH3 is 1. The van der Waals surface area contributed by atoms with Crippen LogP contribution in [0.15, 0.2) is 83.9 Å². The lowest BCUT2D eigenvalue weighted by atomic mass is 10.00. The molecular formula is C32H29F2N5O4S. The van der Waals surface area contributed by atoms with Crippen molar-refractivity contribution in [3.8, 4) is 28.1 Å². The Morgan fingerprint density at radius 3 is 2.43 bits per heavy atom. The van der Waals surface area contributed by atoms with Gasteiger partial charge in [-0.3, -0.25) is 9.62 Å². The van der Waals surface area contributed by atoms with Crippen LogP contribution in [0, 0.1) is 11.6 Å². The third-order valence-electron chi connectivity index (χ3n) is 7.42. The van der Waals surface area contributed by atoms with Crippen LogP contribution in [0.4, 0.5) is 20.3 Å². The largest absolute Gasteiger partial charge is 0.480 e. The van der Waals surface area contributed by atoms with E-state index >= 15 is 0 Å². The SMILES string of the molecule is COc1ncc(-c2ccc3nc(N)c(-c4ccc(CN5CCOCC5)cc4)cc3c2)cc1NS(=O)(=O)c1ccc(F)cc1F. The highest BCUT2D eigenvalue weighted by Crippen LogP contribution is 2.34. The molecule has 44 heavy (non-hydrogen) atoms. The highest BCUT2D eigenvalue weighted by molar-refractivity contribution is 7.92. The number of benzene rings is 3. The Bertz CT molecular complexity index is 1950. The zero-order valence-electron chi connectivity index (χ0n) is 23.8. The van der Waals surface area contributed by atoms with Gasteiger partial charge in [0.1, 0.15) is 28.0 Å². The molecule has 0 saturated carbocycles. The summed E-state index contributed by atoms with van der Waals surface area (Å²) in [6.07, 6.45) is 1.54. The first-order chi connectivity index (χ1) is 21.2. The van der Waals surface area contributed by atoms with E-state index in [0.717, 1.165) is 67.1 Å². The van der Waals surface area contributed by atoms with Gasteiger partial charge >= 0.3 is 0 Å². The molecule has 1 saturated heterocycles. The van der Waals surface area contributed by atoms with E-state index in [0.29, 0.717) is 23.0 Å². The number of morpholine rings is 1. The van der Waals surface area contributed by atoms with Gasteiger partial charge in [-0.2, -0.15) is 0 Å². The molecule has 0 bridgehead atoms. The number of anilines is 2. The lowest BCUT2D eigenvalue weighted by Crippen LogP contribution is -2.35. The number of nitrogen functional groups attached to an aromatic ring is 1. The highest BCUT2D eigenvalue weighted by Gasteiger charge is 2.22. The standard InChI is InChI=1S/C32H29F2N5O4S/c1-42-32-29(38-44(40,41)30-9-7-25(33)17-27(30)34)16-24(18-36-32)22-6-8-28-23(14-22)15-26(31(35)37-28)21-4-2-20(3-5-21)19-39-10-12-43-13-11-39/h2-9,14-18,38H,10-13,19H2,1H3,(H2,35,37). The van der Waals surface area contributed by atoms with E-state index in [9.17, 15) is 17.2 Å². The molecule has 0 aliphatic carbocycles. The number of aromatic nitrogens is 2. The van der Waals surface area contributed by atoms with Crippen LogP contribution in [0.1, 0.15) is 5.56 Å². The third kappa shape index (κ3) is 6.18. The van der Waals surface area contributed by atoms with Crippen molar-refractivity contribution in [1.29, 1.82) is 0 Å². The number of nitrogens with one attached hydrogen (secondary N) is 1. The summed E-state index contributed by atoms with van der Waals surface area (Å²) in [5.74, 6) is -1.72. The summed E-state index contributed by atoms with van der Waals surface area (Å²) in [5.41, 5.74) is 11.2. The molecule has 5 aromatic rings. The van der Waals surface area contributed by atoms with Crippen LogP contribution in [0.3, 0.4) is 0 Å². The Morgan fingerprint density at radius 2 is 1.70 bits per heavy atom. The molecule has 3 heterocycles. The molecule has 2 aromatic heterocycles. The van der Waals surface area contributed by atoms with E-state index in [4.69, 9.17) is 15.2 Å². The zero-order chi connectivity index (χ0) is 30.8. The van der Waals surface area contributed by atoms with Gasteiger partial charge in [0.2, 0.25) is 5.88 Å². The fourth-order valence-corrected chi connectivity index (χ4v) is 6.26. The molecule has 1 aliphatic rings. The number of pyridine rings is 2. The molecule has 226 valence electrons. The van der Waals surface area contributed by atoms with Gasteiger partial charge < -0.3 is 15.2 Å². The van der Waals surface area contributed by atoms with Crippen molar-refractivity contribution in [2.24, 2.45) is 0 Å². The first-order valence-corrected chi connectivity index (χ1v) is 15.3. The lowest BCUT2D eigenvalue weighted by molar-refractivity contribution is 0.0342. The molecule has 0 atom stereocenters. The van der Waals surface area contributed by atoms with E-state index in [2.05, 4.69) is 31.7 Å². The first-order valence-electron chi connectivity index (χ1n) is 13.8. The molecule has 0 unspecified atom stereocenters. The summed E-state index contributed by atoms with van der Waals surface area (Å²) in [4.78, 5) is 10.5. The van der Waals surface area contributed by atoms with Crippen molar-refractivity contribution in [2.75, 3.05) is 43.9 Å². The number of nitrogens with zero attached hydrogens (tertiary/aromatic N) is 3. The molecule has 1 fully saturated rings. The van der Waals surface area contributed by atoms with Crippen molar-refractivity contribution < 1.29 is 26.7 Å². The maximum Gasteiger partial charge on any atom is 0.264 e. The average Bonchev–Trinajstić information content (AvgIpc) is 3.01. The van der Waals surface area contributed by atoms with Crippen LogP contribution >= 0.6 is 0 Å². The fraction of sp³-hybridized carbons (Fsp3) is 0.188. The molecule has 0 spiro atoms. The van der Waals surface area contributed by atoms with E-state index in [1.807, 2.05) is 36.4 Å². The minimum Gasteiger partial charge on any atom is -0.480 e. The number of hydrogen-bond donors (Lipinski definition) is 2. The smallest absolute Gasteiger partial charge is 0.264 e. The molecule has 6 rings (SSSR count). The Kier molecular flexibility index (Phi) is 8.13. The highest BCUT2D eigenvalue weighted by atomic mass is 32.2. The second-order valence-electron chi connectivity index (χ2n) is 10.4. The van der Waals surface area contributed by atoms with E-state index < -0.39 is 26.6 Å². The van der Waals surface area contributed by atoms with Crippen molar-refractivity contribution in [1.82, 2.24) is 14.9 Å². The van der Waals surface area contributed by atoms with Crippen LogP contribution in [-0.4, -0.2) is 56.7 Å². The molecular weight excluding hydrogens is 588 g/mol. The number of ether oxygens (including phenoxy) is 2. The molecule has 1 aliphatic heterocycles. The minimum atomic E-state index is -4.42. The Hall–Kier alpha value is -4.65. The predicted molar refractivity (Wildman–Crippen MR) is 165 cm³/mol. The summed E-state index contributed by atoms with van der Waals surface area (Å²) in [6, 6.07) is 19.5. The summed E-state index contributed by atoms with van der Waals surface area (Å²) in [6.45, 7) is 4.17. The van der Waals surface area contributed by atoms with Gasteiger partial charge in [0.15, 0.2) is 0 Å². The number of fused-ring (bicyclic) bond motifs is 1. The monoisotopic (exact) mass is 617 g/mol. The van der Waals surface area contributed by atoms with Gasteiger partial charge in [0.05, 0.1) is 25.8 Å². The summed E-state index contributed by atoms with van der Waals surface area (Å²) < 4.78 is 66.6.